The van der Waals surface area contributed by atoms with Gasteiger partial charge in [-0.1, -0.05) is 0 Å². The van der Waals surface area contributed by atoms with Crippen molar-refractivity contribution in [2.75, 3.05) is 45.8 Å². The van der Waals surface area contributed by atoms with Crippen molar-refractivity contribution < 1.29 is 9.59 Å². The number of carbonyl (C=O) groups excluding carboxylic acids is 2. The highest BCUT2D eigenvalue weighted by Gasteiger charge is 2.19. The van der Waals surface area contributed by atoms with Gasteiger partial charge in [-0.2, -0.15) is 0 Å². The van der Waals surface area contributed by atoms with Crippen molar-refractivity contribution >= 4 is 11.8 Å². The molecule has 1 saturated heterocycles. The maximum Gasteiger partial charge on any atom is 0.223 e. The second-order valence-electron chi connectivity index (χ2n) is 4.66. The van der Waals surface area contributed by atoms with E-state index in [0.29, 0.717) is 6.42 Å². The molecule has 0 aromatic rings. The van der Waals surface area contributed by atoms with Crippen LogP contribution < -0.4 is 0 Å². The molecule has 1 aliphatic rings. The molecule has 0 aromatic carbocycles. The molecular formula is C13H25N3O2. The lowest BCUT2D eigenvalue weighted by atomic mass is 10.2. The number of carbonyl (C=O) groups is 2. The molecule has 2 amide bonds. The van der Waals surface area contributed by atoms with Crippen molar-refractivity contribution in [1.29, 1.82) is 0 Å². The Balaban J connectivity index is 2.25. The fraction of sp³-hybridized carbons (Fsp3) is 0.846. The molecule has 104 valence electrons. The molecule has 0 radical (unpaired) electrons. The molecule has 0 aliphatic carbocycles. The minimum atomic E-state index is 0.147. The quantitative estimate of drug-likeness (QED) is 0.714. The van der Waals surface area contributed by atoms with Crippen molar-refractivity contribution in [2.24, 2.45) is 0 Å². The average Bonchev–Trinajstić information content (AvgIpc) is 2.38. The van der Waals surface area contributed by atoms with E-state index in [2.05, 4.69) is 4.90 Å². The number of piperazine rings is 1. The molecule has 1 fully saturated rings. The van der Waals surface area contributed by atoms with Crippen molar-refractivity contribution in [1.82, 2.24) is 14.7 Å². The molecule has 18 heavy (non-hydrogen) atoms. The Morgan fingerprint density at radius 3 is 2.06 bits per heavy atom. The number of rotatable bonds is 5. The Kier molecular flexibility index (Phi) is 6.12. The van der Waals surface area contributed by atoms with Gasteiger partial charge < -0.3 is 9.80 Å². The third kappa shape index (κ3) is 4.29. The van der Waals surface area contributed by atoms with Gasteiger partial charge in [-0.25, -0.2) is 0 Å². The summed E-state index contributed by atoms with van der Waals surface area (Å²) in [6, 6.07) is 0. The summed E-state index contributed by atoms with van der Waals surface area (Å²) in [5.74, 6) is 0.378. The second kappa shape index (κ2) is 7.36. The van der Waals surface area contributed by atoms with E-state index in [4.69, 9.17) is 0 Å². The van der Waals surface area contributed by atoms with E-state index < -0.39 is 0 Å². The number of hydrogen-bond donors (Lipinski definition) is 0. The molecular weight excluding hydrogens is 230 g/mol. The van der Waals surface area contributed by atoms with Crippen molar-refractivity contribution in [3.05, 3.63) is 0 Å². The Bertz CT molecular complexity index is 282. The van der Waals surface area contributed by atoms with Gasteiger partial charge in [0.1, 0.15) is 0 Å². The van der Waals surface area contributed by atoms with Gasteiger partial charge in [-0.15, -0.1) is 0 Å². The van der Waals surface area contributed by atoms with E-state index in [9.17, 15) is 9.59 Å². The van der Waals surface area contributed by atoms with E-state index in [1.54, 1.807) is 6.92 Å². The summed E-state index contributed by atoms with van der Waals surface area (Å²) in [7, 11) is 0. The van der Waals surface area contributed by atoms with Gasteiger partial charge >= 0.3 is 0 Å². The van der Waals surface area contributed by atoms with Crippen LogP contribution in [0.3, 0.4) is 0 Å². The highest BCUT2D eigenvalue weighted by Crippen LogP contribution is 2.04. The lowest BCUT2D eigenvalue weighted by Crippen LogP contribution is -2.48. The van der Waals surface area contributed by atoms with Crippen molar-refractivity contribution in [2.45, 2.75) is 27.2 Å². The zero-order chi connectivity index (χ0) is 13.5. The minimum absolute atomic E-state index is 0.147. The average molecular weight is 255 g/mol. The number of hydrogen-bond acceptors (Lipinski definition) is 3. The van der Waals surface area contributed by atoms with Gasteiger partial charge in [0.15, 0.2) is 0 Å². The van der Waals surface area contributed by atoms with Crippen LogP contribution in [0.2, 0.25) is 0 Å². The Labute approximate surface area is 110 Å². The standard InChI is InChI=1S/C13H25N3O2/c1-4-15(5-2)13(18)6-7-14-8-10-16(11-9-14)12(3)17/h4-11H2,1-3H3. The van der Waals surface area contributed by atoms with Crippen LogP contribution in [0.4, 0.5) is 0 Å². The van der Waals surface area contributed by atoms with Crippen LogP contribution in [0.25, 0.3) is 0 Å². The molecule has 0 bridgehead atoms. The fourth-order valence-corrected chi connectivity index (χ4v) is 2.27. The number of amides is 2. The third-order valence-corrected chi connectivity index (χ3v) is 3.58. The summed E-state index contributed by atoms with van der Waals surface area (Å²) in [5.41, 5.74) is 0. The zero-order valence-electron chi connectivity index (χ0n) is 11.8. The molecule has 0 atom stereocenters. The highest BCUT2D eigenvalue weighted by atomic mass is 16.2. The molecule has 1 rings (SSSR count). The molecule has 0 spiro atoms. The lowest BCUT2D eigenvalue weighted by molar-refractivity contribution is -0.133. The van der Waals surface area contributed by atoms with Gasteiger partial charge in [0.05, 0.1) is 0 Å². The first kappa shape index (κ1) is 15.0. The van der Waals surface area contributed by atoms with E-state index in [1.807, 2.05) is 23.6 Å². The summed E-state index contributed by atoms with van der Waals surface area (Å²) < 4.78 is 0. The SMILES string of the molecule is CCN(CC)C(=O)CCN1CCN(C(C)=O)CC1. The topological polar surface area (TPSA) is 43.9 Å². The Hall–Kier alpha value is -1.10. The van der Waals surface area contributed by atoms with Gasteiger partial charge in [0.2, 0.25) is 11.8 Å². The maximum absolute atomic E-state index is 11.9. The van der Waals surface area contributed by atoms with Gasteiger partial charge in [0, 0.05) is 59.2 Å². The maximum atomic E-state index is 11.9. The van der Waals surface area contributed by atoms with E-state index in [1.165, 1.54) is 0 Å². The van der Waals surface area contributed by atoms with E-state index in [0.717, 1.165) is 45.8 Å². The van der Waals surface area contributed by atoms with Crippen LogP contribution in [0.5, 0.6) is 0 Å². The molecule has 0 aromatic heterocycles. The molecule has 5 nitrogen and oxygen atoms in total. The van der Waals surface area contributed by atoms with Crippen LogP contribution in [-0.2, 0) is 9.59 Å². The third-order valence-electron chi connectivity index (χ3n) is 3.58. The normalized spacial score (nSPS) is 16.7. The Morgan fingerprint density at radius 2 is 1.61 bits per heavy atom. The van der Waals surface area contributed by atoms with Crippen LogP contribution in [0.1, 0.15) is 27.2 Å². The zero-order valence-corrected chi connectivity index (χ0v) is 11.8. The van der Waals surface area contributed by atoms with Crippen LogP contribution in [-0.4, -0.2) is 72.3 Å². The summed E-state index contributed by atoms with van der Waals surface area (Å²) in [5, 5.41) is 0. The first-order chi connectivity index (χ1) is 8.58. The largest absolute Gasteiger partial charge is 0.343 e. The van der Waals surface area contributed by atoms with Gasteiger partial charge in [-0.3, -0.25) is 14.5 Å². The molecule has 0 unspecified atom stereocenters. The molecule has 0 N–H and O–H groups in total. The lowest BCUT2D eigenvalue weighted by Gasteiger charge is -2.34. The van der Waals surface area contributed by atoms with Gasteiger partial charge in [-0.05, 0) is 13.8 Å². The summed E-state index contributed by atoms with van der Waals surface area (Å²) >= 11 is 0. The smallest absolute Gasteiger partial charge is 0.223 e. The second-order valence-corrected chi connectivity index (χ2v) is 4.66. The van der Waals surface area contributed by atoms with Gasteiger partial charge in [0.25, 0.3) is 0 Å². The highest BCUT2D eigenvalue weighted by molar-refractivity contribution is 5.76. The van der Waals surface area contributed by atoms with Crippen LogP contribution in [0.15, 0.2) is 0 Å². The molecule has 0 saturated carbocycles. The van der Waals surface area contributed by atoms with Crippen molar-refractivity contribution in [3.8, 4) is 0 Å². The predicted molar refractivity (Wildman–Crippen MR) is 71.2 cm³/mol. The fourth-order valence-electron chi connectivity index (χ4n) is 2.27. The first-order valence-corrected chi connectivity index (χ1v) is 6.84. The minimum Gasteiger partial charge on any atom is -0.343 e. The van der Waals surface area contributed by atoms with E-state index >= 15 is 0 Å². The number of nitrogens with zero attached hydrogens (tertiary/aromatic N) is 3. The molecule has 1 heterocycles. The summed E-state index contributed by atoms with van der Waals surface area (Å²) in [6.07, 6.45) is 0.585. The molecule has 1 aliphatic heterocycles. The van der Waals surface area contributed by atoms with Crippen LogP contribution in [0, 0.1) is 0 Å². The Morgan fingerprint density at radius 1 is 1.06 bits per heavy atom. The van der Waals surface area contributed by atoms with E-state index in [-0.39, 0.29) is 11.8 Å². The van der Waals surface area contributed by atoms with Crippen molar-refractivity contribution in [3.63, 3.8) is 0 Å². The van der Waals surface area contributed by atoms with Crippen LogP contribution >= 0.6 is 0 Å². The molecule has 5 heteroatoms. The summed E-state index contributed by atoms with van der Waals surface area (Å²) in [6.45, 7) is 11.3. The monoisotopic (exact) mass is 255 g/mol. The first-order valence-electron chi connectivity index (χ1n) is 6.84. The summed E-state index contributed by atoms with van der Waals surface area (Å²) in [4.78, 5) is 29.0. The predicted octanol–water partition coefficient (Wildman–Crippen LogP) is 0.409.